The highest BCUT2D eigenvalue weighted by atomic mass is 16.5. The van der Waals surface area contributed by atoms with Gasteiger partial charge in [0.1, 0.15) is 5.76 Å². The predicted octanol–water partition coefficient (Wildman–Crippen LogP) is 3.70. The van der Waals surface area contributed by atoms with Crippen LogP contribution in [0.2, 0.25) is 0 Å². The largest absolute Gasteiger partial charge is 0.469 e. The van der Waals surface area contributed by atoms with E-state index in [-0.39, 0.29) is 18.1 Å². The normalized spacial score (nSPS) is 22.0. The van der Waals surface area contributed by atoms with Crippen molar-refractivity contribution < 1.29 is 13.9 Å². The molecule has 0 spiro atoms. The molecule has 2 atom stereocenters. The molecule has 22 heavy (non-hydrogen) atoms. The maximum atomic E-state index is 12.1. The van der Waals surface area contributed by atoms with E-state index >= 15 is 0 Å². The third-order valence-electron chi connectivity index (χ3n) is 4.25. The molecule has 1 saturated carbocycles. The quantitative estimate of drug-likeness (QED) is 0.796. The summed E-state index contributed by atoms with van der Waals surface area (Å²) in [4.78, 5) is 12.1. The molecule has 1 N–H and O–H groups in total. The molecule has 0 aromatic carbocycles. The average Bonchev–Trinajstić information content (AvgIpc) is 3.00. The number of hydrogen-bond donors (Lipinski definition) is 1. The Bertz CT molecular complexity index is 428. The van der Waals surface area contributed by atoms with Gasteiger partial charge in [-0.1, -0.05) is 26.7 Å². The molecule has 1 aliphatic rings. The molecular formula is C18H29NO3. The van der Waals surface area contributed by atoms with Crippen molar-refractivity contribution in [3.05, 3.63) is 24.2 Å². The van der Waals surface area contributed by atoms with E-state index in [9.17, 15) is 4.79 Å². The van der Waals surface area contributed by atoms with Crippen LogP contribution in [0.1, 0.15) is 58.1 Å². The Labute approximate surface area is 133 Å². The minimum absolute atomic E-state index is 0.0979. The lowest BCUT2D eigenvalue weighted by Crippen LogP contribution is -2.46. The number of aryl methyl sites for hydroxylation is 1. The van der Waals surface area contributed by atoms with Gasteiger partial charge in [-0.25, -0.2) is 0 Å². The molecule has 1 heterocycles. The molecule has 124 valence electrons. The fourth-order valence-corrected chi connectivity index (χ4v) is 2.89. The van der Waals surface area contributed by atoms with Crippen molar-refractivity contribution >= 4 is 5.91 Å². The van der Waals surface area contributed by atoms with Crippen molar-refractivity contribution in [1.29, 1.82) is 0 Å². The summed E-state index contributed by atoms with van der Waals surface area (Å²) in [5.41, 5.74) is 0. The summed E-state index contributed by atoms with van der Waals surface area (Å²) in [6.45, 7) is 5.21. The Morgan fingerprint density at radius 3 is 2.95 bits per heavy atom. The van der Waals surface area contributed by atoms with Crippen LogP contribution < -0.4 is 5.32 Å². The number of rotatable bonds is 8. The van der Waals surface area contributed by atoms with Gasteiger partial charge < -0.3 is 14.5 Å². The topological polar surface area (TPSA) is 51.5 Å². The van der Waals surface area contributed by atoms with E-state index in [1.54, 1.807) is 6.26 Å². The summed E-state index contributed by atoms with van der Waals surface area (Å²) >= 11 is 0. The van der Waals surface area contributed by atoms with Crippen LogP contribution in [0.5, 0.6) is 0 Å². The second-order valence-corrected chi connectivity index (χ2v) is 6.63. The predicted molar refractivity (Wildman–Crippen MR) is 86.6 cm³/mol. The van der Waals surface area contributed by atoms with Crippen LogP contribution in [0.3, 0.4) is 0 Å². The van der Waals surface area contributed by atoms with Crippen molar-refractivity contribution in [2.24, 2.45) is 5.92 Å². The molecule has 1 aromatic rings. The number of carbonyl (C=O) groups is 1. The van der Waals surface area contributed by atoms with Crippen LogP contribution in [-0.4, -0.2) is 24.7 Å². The minimum atomic E-state index is 0.0979. The molecule has 1 amide bonds. The Balaban J connectivity index is 1.73. The SMILES string of the molecule is CC(C)CCO[C@H]1CCCC[C@H]1NC(=O)CCc1ccco1. The van der Waals surface area contributed by atoms with E-state index in [1.165, 1.54) is 12.8 Å². The lowest BCUT2D eigenvalue weighted by Gasteiger charge is -2.32. The Hall–Kier alpha value is -1.29. The molecule has 4 nitrogen and oxygen atoms in total. The van der Waals surface area contributed by atoms with E-state index in [2.05, 4.69) is 19.2 Å². The van der Waals surface area contributed by atoms with Gasteiger partial charge in [-0.2, -0.15) is 0 Å². The third kappa shape index (κ3) is 5.84. The van der Waals surface area contributed by atoms with E-state index in [4.69, 9.17) is 9.15 Å². The molecule has 0 radical (unpaired) electrons. The molecule has 0 unspecified atom stereocenters. The molecule has 1 fully saturated rings. The van der Waals surface area contributed by atoms with Gasteiger partial charge in [0.05, 0.1) is 18.4 Å². The van der Waals surface area contributed by atoms with Crippen LogP contribution in [0, 0.1) is 5.92 Å². The average molecular weight is 307 g/mol. The lowest BCUT2D eigenvalue weighted by atomic mass is 9.92. The van der Waals surface area contributed by atoms with Crippen LogP contribution in [0.4, 0.5) is 0 Å². The van der Waals surface area contributed by atoms with E-state index < -0.39 is 0 Å². The van der Waals surface area contributed by atoms with E-state index in [1.807, 2.05) is 12.1 Å². The first-order valence-electron chi connectivity index (χ1n) is 8.58. The number of ether oxygens (including phenoxy) is 1. The van der Waals surface area contributed by atoms with Gasteiger partial charge in [0.25, 0.3) is 0 Å². The number of amides is 1. The van der Waals surface area contributed by atoms with Crippen molar-refractivity contribution in [3.8, 4) is 0 Å². The van der Waals surface area contributed by atoms with Crippen molar-refractivity contribution in [1.82, 2.24) is 5.32 Å². The first kappa shape index (κ1) is 17.1. The molecule has 1 aromatic heterocycles. The second kappa shape index (κ2) is 8.99. The zero-order valence-corrected chi connectivity index (χ0v) is 13.8. The summed E-state index contributed by atoms with van der Waals surface area (Å²) in [6, 6.07) is 3.93. The van der Waals surface area contributed by atoms with Gasteiger partial charge in [0.2, 0.25) is 5.91 Å². The Morgan fingerprint density at radius 1 is 1.41 bits per heavy atom. The van der Waals surface area contributed by atoms with E-state index in [0.29, 0.717) is 18.8 Å². The summed E-state index contributed by atoms with van der Waals surface area (Å²) in [6.07, 6.45) is 8.49. The number of nitrogens with one attached hydrogen (secondary N) is 1. The molecule has 2 rings (SSSR count). The van der Waals surface area contributed by atoms with Gasteiger partial charge in [-0.05, 0) is 37.3 Å². The second-order valence-electron chi connectivity index (χ2n) is 6.63. The maximum Gasteiger partial charge on any atom is 0.220 e. The zero-order chi connectivity index (χ0) is 15.8. The Kier molecular flexibility index (Phi) is 6.97. The molecule has 0 saturated heterocycles. The summed E-state index contributed by atoms with van der Waals surface area (Å²) in [5, 5.41) is 3.16. The van der Waals surface area contributed by atoms with Gasteiger partial charge >= 0.3 is 0 Å². The molecule has 1 aliphatic carbocycles. The number of hydrogen-bond acceptors (Lipinski definition) is 3. The van der Waals surface area contributed by atoms with Crippen molar-refractivity contribution in [2.75, 3.05) is 6.61 Å². The van der Waals surface area contributed by atoms with Gasteiger partial charge in [-0.3, -0.25) is 4.79 Å². The highest BCUT2D eigenvalue weighted by Crippen LogP contribution is 2.22. The summed E-state index contributed by atoms with van der Waals surface area (Å²) in [5.74, 6) is 1.62. The van der Waals surface area contributed by atoms with Crippen LogP contribution in [-0.2, 0) is 16.0 Å². The summed E-state index contributed by atoms with van der Waals surface area (Å²) in [7, 11) is 0. The molecule has 0 aliphatic heterocycles. The number of furan rings is 1. The number of carbonyl (C=O) groups excluding carboxylic acids is 1. The zero-order valence-electron chi connectivity index (χ0n) is 13.8. The first-order chi connectivity index (χ1) is 10.6. The van der Waals surface area contributed by atoms with Crippen LogP contribution in [0.15, 0.2) is 22.8 Å². The van der Waals surface area contributed by atoms with Crippen molar-refractivity contribution in [3.63, 3.8) is 0 Å². The molecular weight excluding hydrogens is 278 g/mol. The molecule has 0 bridgehead atoms. The maximum absolute atomic E-state index is 12.1. The lowest BCUT2D eigenvalue weighted by molar-refractivity contribution is -0.123. The smallest absolute Gasteiger partial charge is 0.220 e. The van der Waals surface area contributed by atoms with Gasteiger partial charge in [-0.15, -0.1) is 0 Å². The third-order valence-corrected chi connectivity index (χ3v) is 4.25. The minimum Gasteiger partial charge on any atom is -0.469 e. The highest BCUT2D eigenvalue weighted by Gasteiger charge is 2.27. The van der Waals surface area contributed by atoms with Gasteiger partial charge in [0.15, 0.2) is 0 Å². The van der Waals surface area contributed by atoms with Crippen LogP contribution in [0.25, 0.3) is 0 Å². The van der Waals surface area contributed by atoms with Crippen molar-refractivity contribution in [2.45, 2.75) is 70.9 Å². The highest BCUT2D eigenvalue weighted by molar-refractivity contribution is 5.76. The fraction of sp³-hybridized carbons (Fsp3) is 0.722. The Morgan fingerprint density at radius 2 is 2.23 bits per heavy atom. The monoisotopic (exact) mass is 307 g/mol. The van der Waals surface area contributed by atoms with E-state index in [0.717, 1.165) is 31.6 Å². The van der Waals surface area contributed by atoms with Crippen LogP contribution >= 0.6 is 0 Å². The van der Waals surface area contributed by atoms with Gasteiger partial charge in [0, 0.05) is 19.4 Å². The standard InChI is InChI=1S/C18H29NO3/c1-14(2)11-13-22-17-8-4-3-7-16(17)19-18(20)10-9-15-6-5-12-21-15/h5-6,12,14,16-17H,3-4,7-11,13H2,1-2H3,(H,19,20)/t16-,17+/m1/s1. The summed E-state index contributed by atoms with van der Waals surface area (Å²) < 4.78 is 11.3. The first-order valence-corrected chi connectivity index (χ1v) is 8.58. The fourth-order valence-electron chi connectivity index (χ4n) is 2.89. The molecule has 4 heteroatoms.